The number of amides is 4. The van der Waals surface area contributed by atoms with Crippen molar-refractivity contribution >= 4 is 23.6 Å². The third kappa shape index (κ3) is 4.02. The van der Waals surface area contributed by atoms with Gasteiger partial charge in [0.05, 0.1) is 16.7 Å². The zero-order valence-corrected chi connectivity index (χ0v) is 18.7. The van der Waals surface area contributed by atoms with E-state index in [1.807, 2.05) is 0 Å². The number of aliphatic hydroxyl groups is 1. The first-order valence-electron chi connectivity index (χ1n) is 11.4. The normalized spacial score (nSPS) is 22.4. The zero-order chi connectivity index (χ0) is 24.9. The van der Waals surface area contributed by atoms with Gasteiger partial charge in [-0.05, 0) is 43.0 Å². The molecule has 2 aromatic rings. The molecular formula is C25H23F2N3O5. The molecule has 2 aromatic carbocycles. The minimum Gasteiger partial charge on any atom is -0.385 e. The van der Waals surface area contributed by atoms with Crippen molar-refractivity contribution in [2.24, 2.45) is 0 Å². The summed E-state index contributed by atoms with van der Waals surface area (Å²) in [5, 5.41) is 13.4. The Balaban J connectivity index is 1.35. The molecule has 0 saturated carbocycles. The fourth-order valence-electron chi connectivity index (χ4n) is 5.08. The van der Waals surface area contributed by atoms with Crippen LogP contribution in [0, 0.1) is 11.6 Å². The Kier molecular flexibility index (Phi) is 5.72. The van der Waals surface area contributed by atoms with Crippen LogP contribution >= 0.6 is 0 Å². The second-order valence-electron chi connectivity index (χ2n) is 9.23. The molecule has 0 aliphatic carbocycles. The van der Waals surface area contributed by atoms with Crippen LogP contribution in [0.3, 0.4) is 0 Å². The Labute approximate surface area is 199 Å². The van der Waals surface area contributed by atoms with E-state index in [0.717, 1.165) is 5.56 Å². The van der Waals surface area contributed by atoms with Crippen molar-refractivity contribution in [3.63, 3.8) is 0 Å². The van der Waals surface area contributed by atoms with Gasteiger partial charge in [0, 0.05) is 31.6 Å². The average Bonchev–Trinajstić information content (AvgIpc) is 3.08. The van der Waals surface area contributed by atoms with E-state index in [1.165, 1.54) is 24.3 Å². The minimum atomic E-state index is -1.54. The number of hydrogen-bond acceptors (Lipinski definition) is 6. The van der Waals surface area contributed by atoms with E-state index in [0.29, 0.717) is 24.5 Å². The number of imide groups is 2. The molecule has 3 aliphatic rings. The molecule has 2 fully saturated rings. The van der Waals surface area contributed by atoms with Gasteiger partial charge in [0.1, 0.15) is 17.7 Å². The molecule has 35 heavy (non-hydrogen) atoms. The summed E-state index contributed by atoms with van der Waals surface area (Å²) in [6.07, 6.45) is 0.329. The number of carbonyl (C=O) groups is 4. The summed E-state index contributed by atoms with van der Waals surface area (Å²) in [5.74, 6) is -4.31. The van der Waals surface area contributed by atoms with Crippen molar-refractivity contribution in [1.82, 2.24) is 15.1 Å². The zero-order valence-electron chi connectivity index (χ0n) is 18.7. The number of likely N-dealkylation sites (tertiary alicyclic amines) is 1. The van der Waals surface area contributed by atoms with Gasteiger partial charge in [-0.1, -0.05) is 18.2 Å². The molecule has 0 radical (unpaired) electrons. The van der Waals surface area contributed by atoms with Crippen molar-refractivity contribution in [1.29, 1.82) is 0 Å². The second kappa shape index (κ2) is 8.62. The third-order valence-corrected chi connectivity index (χ3v) is 7.05. The Morgan fingerprint density at radius 3 is 2.31 bits per heavy atom. The number of carbonyl (C=O) groups excluding carboxylic acids is 4. The molecule has 2 saturated heterocycles. The van der Waals surface area contributed by atoms with Gasteiger partial charge in [-0.3, -0.25) is 34.3 Å². The summed E-state index contributed by atoms with van der Waals surface area (Å²) in [7, 11) is 0. The molecule has 0 aromatic heterocycles. The Hall–Kier alpha value is -3.50. The topological polar surface area (TPSA) is 107 Å². The van der Waals surface area contributed by atoms with Crippen LogP contribution in [-0.4, -0.2) is 57.7 Å². The lowest BCUT2D eigenvalue weighted by molar-refractivity contribution is -0.136. The van der Waals surface area contributed by atoms with Crippen LogP contribution in [0.5, 0.6) is 0 Å². The predicted octanol–water partition coefficient (Wildman–Crippen LogP) is 1.85. The molecule has 5 rings (SSSR count). The highest BCUT2D eigenvalue weighted by molar-refractivity contribution is 6.23. The first-order chi connectivity index (χ1) is 16.7. The number of nitrogens with one attached hydrogen (secondary N) is 1. The van der Waals surface area contributed by atoms with Crippen LogP contribution in [0.2, 0.25) is 0 Å². The lowest BCUT2D eigenvalue weighted by Crippen LogP contribution is -2.54. The van der Waals surface area contributed by atoms with Gasteiger partial charge in [0.25, 0.3) is 11.8 Å². The fourth-order valence-corrected chi connectivity index (χ4v) is 5.08. The molecule has 8 nitrogen and oxygen atoms in total. The molecule has 1 atom stereocenters. The number of rotatable bonds is 4. The summed E-state index contributed by atoms with van der Waals surface area (Å²) in [4.78, 5) is 52.4. The van der Waals surface area contributed by atoms with E-state index in [9.17, 15) is 28.7 Å². The fraction of sp³-hybridized carbons (Fsp3) is 0.360. The van der Waals surface area contributed by atoms with Crippen molar-refractivity contribution in [2.45, 2.75) is 43.9 Å². The maximum atomic E-state index is 15.6. The third-order valence-electron chi connectivity index (χ3n) is 7.05. The summed E-state index contributed by atoms with van der Waals surface area (Å²) in [6, 6.07) is 7.57. The Bertz CT molecular complexity index is 1240. The maximum Gasteiger partial charge on any atom is 0.265 e. The molecule has 182 valence electrons. The second-order valence-corrected chi connectivity index (χ2v) is 9.23. The van der Waals surface area contributed by atoms with Gasteiger partial charge in [-0.25, -0.2) is 8.78 Å². The largest absolute Gasteiger partial charge is 0.385 e. The van der Waals surface area contributed by atoms with E-state index in [2.05, 4.69) is 10.2 Å². The van der Waals surface area contributed by atoms with Gasteiger partial charge in [0.2, 0.25) is 11.8 Å². The van der Waals surface area contributed by atoms with Crippen molar-refractivity contribution in [3.8, 4) is 0 Å². The molecule has 1 unspecified atom stereocenters. The lowest BCUT2D eigenvalue weighted by Gasteiger charge is -2.38. The van der Waals surface area contributed by atoms with E-state index in [-0.39, 0.29) is 42.6 Å². The summed E-state index contributed by atoms with van der Waals surface area (Å²) >= 11 is 0. The SMILES string of the molecule is O=C1CCC(N2C(=O)c3ccc(C4(O)CCN(Cc5ccc(F)cc5)CC4)c(F)c3C2=O)C(=O)N1. The monoisotopic (exact) mass is 483 g/mol. The predicted molar refractivity (Wildman–Crippen MR) is 118 cm³/mol. The average molecular weight is 483 g/mol. The van der Waals surface area contributed by atoms with E-state index in [4.69, 9.17) is 0 Å². The molecule has 4 amide bonds. The minimum absolute atomic E-state index is 0.0293. The first-order valence-corrected chi connectivity index (χ1v) is 11.4. The van der Waals surface area contributed by atoms with E-state index >= 15 is 4.39 Å². The molecule has 0 bridgehead atoms. The van der Waals surface area contributed by atoms with Crippen LogP contribution in [0.1, 0.15) is 57.5 Å². The Morgan fingerprint density at radius 2 is 1.66 bits per heavy atom. The van der Waals surface area contributed by atoms with E-state index < -0.39 is 46.7 Å². The summed E-state index contributed by atoms with van der Waals surface area (Å²) < 4.78 is 28.8. The van der Waals surface area contributed by atoms with E-state index in [1.54, 1.807) is 12.1 Å². The van der Waals surface area contributed by atoms with Crippen molar-refractivity contribution in [2.75, 3.05) is 13.1 Å². The molecule has 10 heteroatoms. The van der Waals surface area contributed by atoms with Gasteiger partial charge >= 0.3 is 0 Å². The number of piperidine rings is 2. The number of fused-ring (bicyclic) bond motifs is 1. The van der Waals surface area contributed by atoms with Gasteiger partial charge in [-0.2, -0.15) is 0 Å². The maximum absolute atomic E-state index is 15.6. The van der Waals surface area contributed by atoms with Gasteiger partial charge in [0.15, 0.2) is 0 Å². The highest BCUT2D eigenvalue weighted by Crippen LogP contribution is 2.39. The first kappa shape index (κ1) is 23.3. The standard InChI is InChI=1S/C25H23F2N3O5/c26-15-3-1-14(2-4-15)13-29-11-9-25(35,10-12-29)17-6-5-16-20(21(17)27)24(34)30(23(16)33)18-7-8-19(31)28-22(18)32/h1-6,18,35H,7-13H2,(H,28,31,32). The molecule has 3 heterocycles. The van der Waals surface area contributed by atoms with Crippen LogP contribution in [0.25, 0.3) is 0 Å². The quantitative estimate of drug-likeness (QED) is 0.643. The molecule has 2 N–H and O–H groups in total. The van der Waals surface area contributed by atoms with Crippen LogP contribution < -0.4 is 5.32 Å². The summed E-state index contributed by atoms with van der Waals surface area (Å²) in [5.41, 5.74) is -1.32. The highest BCUT2D eigenvalue weighted by Gasteiger charge is 2.48. The highest BCUT2D eigenvalue weighted by atomic mass is 19.1. The van der Waals surface area contributed by atoms with Crippen LogP contribution in [0.4, 0.5) is 8.78 Å². The number of hydrogen-bond donors (Lipinski definition) is 2. The Morgan fingerprint density at radius 1 is 0.971 bits per heavy atom. The number of benzene rings is 2. The molecular weight excluding hydrogens is 460 g/mol. The number of nitrogens with zero attached hydrogens (tertiary/aromatic N) is 2. The van der Waals surface area contributed by atoms with Crippen LogP contribution in [0.15, 0.2) is 36.4 Å². The number of halogens is 2. The smallest absolute Gasteiger partial charge is 0.265 e. The van der Waals surface area contributed by atoms with Crippen LogP contribution in [-0.2, 0) is 21.7 Å². The van der Waals surface area contributed by atoms with Crippen molar-refractivity contribution in [3.05, 3.63) is 70.3 Å². The lowest BCUT2D eigenvalue weighted by atomic mass is 9.82. The molecule has 0 spiro atoms. The van der Waals surface area contributed by atoms with Crippen molar-refractivity contribution < 1.29 is 33.1 Å². The van der Waals surface area contributed by atoms with Gasteiger partial charge < -0.3 is 5.11 Å². The van der Waals surface area contributed by atoms with Gasteiger partial charge in [-0.15, -0.1) is 0 Å². The molecule has 3 aliphatic heterocycles. The summed E-state index contributed by atoms with van der Waals surface area (Å²) in [6.45, 7) is 1.44.